The molecule has 3 aliphatic rings. The Balaban J connectivity index is 1.27. The number of imidazole rings is 1. The van der Waals surface area contributed by atoms with Gasteiger partial charge in [-0.15, -0.1) is 4.68 Å². The number of thioether (sulfide) groups is 1. The molecule has 0 spiro atoms. The lowest BCUT2D eigenvalue weighted by Crippen LogP contribution is -2.60. The molecule has 1 aromatic carbocycles. The lowest BCUT2D eigenvalue weighted by atomic mass is 9.90. The highest BCUT2D eigenvalue weighted by Gasteiger charge is 2.50. The molecule has 30 heavy (non-hydrogen) atoms. The summed E-state index contributed by atoms with van der Waals surface area (Å²) in [4.78, 5) is 7.90. The zero-order valence-corrected chi connectivity index (χ0v) is 17.8. The van der Waals surface area contributed by atoms with Crippen LogP contribution in [-0.4, -0.2) is 42.4 Å². The van der Waals surface area contributed by atoms with Crippen LogP contribution in [0.2, 0.25) is 0 Å². The van der Waals surface area contributed by atoms with Crippen LogP contribution >= 0.6 is 11.8 Å². The minimum absolute atomic E-state index is 0.280. The Labute approximate surface area is 178 Å². The van der Waals surface area contributed by atoms with Crippen LogP contribution in [0.3, 0.4) is 0 Å². The number of rotatable bonds is 6. The molecule has 9 heteroatoms. The highest BCUT2D eigenvalue weighted by atomic mass is 32.2. The number of aromatic amines is 1. The van der Waals surface area contributed by atoms with Crippen molar-refractivity contribution in [3.8, 4) is 5.75 Å². The molecule has 6 rings (SSSR count). The smallest absolute Gasteiger partial charge is 0.340 e. The fraction of sp³-hybridized carbons (Fsp3) is 0.429. The summed E-state index contributed by atoms with van der Waals surface area (Å²) >= 11 is 1.61. The number of H-pyrrole nitrogens is 1. The molecule has 3 N–H and O–H groups in total. The molecule has 2 aromatic heterocycles. The van der Waals surface area contributed by atoms with Crippen molar-refractivity contribution in [3.63, 3.8) is 0 Å². The average Bonchev–Trinajstić information content (AvgIpc) is 3.09. The summed E-state index contributed by atoms with van der Waals surface area (Å²) in [6, 6.07) is 9.85. The van der Waals surface area contributed by atoms with E-state index in [0.717, 1.165) is 33.2 Å². The molecular formula is C21H25N4O4S+. The maximum atomic E-state index is 6.23. The molecule has 5 heterocycles. The van der Waals surface area contributed by atoms with Crippen LogP contribution in [0.25, 0.3) is 11.0 Å². The number of para-hydroxylation sites is 2. The van der Waals surface area contributed by atoms with Gasteiger partial charge in [0.2, 0.25) is 0 Å². The van der Waals surface area contributed by atoms with Gasteiger partial charge >= 0.3 is 5.16 Å². The van der Waals surface area contributed by atoms with Crippen molar-refractivity contribution >= 4 is 22.8 Å². The summed E-state index contributed by atoms with van der Waals surface area (Å²) in [5.74, 6) is 6.81. The fourth-order valence-electron chi connectivity index (χ4n) is 3.64. The maximum Gasteiger partial charge on any atom is 0.340 e. The van der Waals surface area contributed by atoms with Crippen LogP contribution in [0.1, 0.15) is 18.2 Å². The van der Waals surface area contributed by atoms with Gasteiger partial charge < -0.3 is 18.9 Å². The molecule has 8 nitrogen and oxygen atoms in total. The summed E-state index contributed by atoms with van der Waals surface area (Å²) in [7, 11) is 0. The van der Waals surface area contributed by atoms with Crippen molar-refractivity contribution in [1.82, 2.24) is 9.97 Å². The third kappa shape index (κ3) is 3.51. The molecular weight excluding hydrogens is 404 g/mol. The lowest BCUT2D eigenvalue weighted by Gasteiger charge is -2.50. The van der Waals surface area contributed by atoms with Crippen molar-refractivity contribution in [2.45, 2.75) is 30.7 Å². The van der Waals surface area contributed by atoms with Gasteiger partial charge in [-0.2, -0.15) is 0 Å². The van der Waals surface area contributed by atoms with E-state index < -0.39 is 5.97 Å². The van der Waals surface area contributed by atoms with Gasteiger partial charge in [-0.3, -0.25) is 10.8 Å². The van der Waals surface area contributed by atoms with Gasteiger partial charge in [-0.05, 0) is 36.9 Å². The number of nitrogens with two attached hydrogens (primary N) is 1. The first-order chi connectivity index (χ1) is 14.5. The Morgan fingerprint density at radius 3 is 2.67 bits per heavy atom. The van der Waals surface area contributed by atoms with Gasteiger partial charge in [0, 0.05) is 24.4 Å². The number of pyridine rings is 1. The largest absolute Gasteiger partial charge is 0.492 e. The van der Waals surface area contributed by atoms with Crippen molar-refractivity contribution < 1.29 is 23.6 Å². The van der Waals surface area contributed by atoms with E-state index in [2.05, 4.69) is 9.97 Å². The zero-order chi connectivity index (χ0) is 20.8. The van der Waals surface area contributed by atoms with E-state index in [1.807, 2.05) is 37.3 Å². The Morgan fingerprint density at radius 1 is 1.20 bits per heavy atom. The second kappa shape index (κ2) is 7.42. The second-order valence-electron chi connectivity index (χ2n) is 8.00. The number of benzene rings is 1. The van der Waals surface area contributed by atoms with E-state index >= 15 is 0 Å². The standard InChI is InChI=1S/C21H24N4O4S/c1-14-16(9-30-19-24-15-5-3-4-6-17(15)25(19)22)23-8-7-18(14)26-10-21-11-27-20(2,28-12-21)29-13-21/h3-8H,9-13,22H2,1-2H3/p+1. The number of nitrogen functional groups attached to an aromatic ring is 1. The first kappa shape index (κ1) is 19.6. The predicted molar refractivity (Wildman–Crippen MR) is 111 cm³/mol. The SMILES string of the molecule is Cc1c(OCC23COC(C)(OC2)OC3)ccnc1CSc1[nH]c2ccccc2[n+]1N. The minimum Gasteiger partial charge on any atom is -0.492 e. The number of aromatic nitrogens is 3. The van der Waals surface area contributed by atoms with Gasteiger partial charge in [-0.25, -0.2) is 4.98 Å². The van der Waals surface area contributed by atoms with Crippen molar-refractivity contribution in [1.29, 1.82) is 0 Å². The third-order valence-corrected chi connectivity index (χ3v) is 6.67. The Morgan fingerprint density at radius 2 is 1.93 bits per heavy atom. The molecule has 0 amide bonds. The number of fused-ring (bicyclic) bond motifs is 4. The monoisotopic (exact) mass is 429 g/mol. The number of hydrogen-bond acceptors (Lipinski definition) is 7. The molecule has 0 atom stereocenters. The van der Waals surface area contributed by atoms with Crippen LogP contribution in [0.5, 0.6) is 5.75 Å². The summed E-state index contributed by atoms with van der Waals surface area (Å²) < 4.78 is 24.9. The summed E-state index contributed by atoms with van der Waals surface area (Å²) in [6.07, 6.45) is 1.78. The van der Waals surface area contributed by atoms with Gasteiger partial charge in [0.1, 0.15) is 12.4 Å². The summed E-state index contributed by atoms with van der Waals surface area (Å²) in [6.45, 7) is 5.98. The van der Waals surface area contributed by atoms with Gasteiger partial charge in [0.15, 0.2) is 11.0 Å². The molecule has 3 aromatic rings. The van der Waals surface area contributed by atoms with Crippen molar-refractivity contribution in [3.05, 3.63) is 47.8 Å². The number of hydrogen-bond donors (Lipinski definition) is 2. The molecule has 0 aliphatic carbocycles. The second-order valence-corrected chi connectivity index (χ2v) is 8.97. The van der Waals surface area contributed by atoms with Crippen molar-refractivity contribution in [2.24, 2.45) is 5.41 Å². The van der Waals surface area contributed by atoms with Crippen LogP contribution in [0.15, 0.2) is 41.7 Å². The third-order valence-electron chi connectivity index (χ3n) is 5.68. The van der Waals surface area contributed by atoms with E-state index in [1.165, 1.54) is 0 Å². The highest BCUT2D eigenvalue weighted by molar-refractivity contribution is 7.98. The van der Waals surface area contributed by atoms with Gasteiger partial charge in [0.05, 0.1) is 30.9 Å². The predicted octanol–water partition coefficient (Wildman–Crippen LogP) is 2.28. The van der Waals surface area contributed by atoms with Gasteiger partial charge in [-0.1, -0.05) is 12.1 Å². The van der Waals surface area contributed by atoms with E-state index in [9.17, 15) is 0 Å². The normalized spacial score (nSPS) is 25.7. The van der Waals surface area contributed by atoms with Crippen molar-refractivity contribution in [2.75, 3.05) is 32.3 Å². The summed E-state index contributed by atoms with van der Waals surface area (Å²) in [5.41, 5.74) is 3.66. The van der Waals surface area contributed by atoms with Crippen LogP contribution in [0.4, 0.5) is 0 Å². The minimum atomic E-state index is -0.902. The molecule has 2 bridgehead atoms. The number of nitrogens with one attached hydrogen (secondary N) is 1. The number of nitrogens with zero attached hydrogens (tertiary/aromatic N) is 2. The topological polar surface area (TPSA) is 95.5 Å². The fourth-order valence-corrected chi connectivity index (χ4v) is 4.62. The maximum absolute atomic E-state index is 6.23. The molecule has 158 valence electrons. The van der Waals surface area contributed by atoms with Crippen LogP contribution in [0, 0.1) is 12.3 Å². The highest BCUT2D eigenvalue weighted by Crippen LogP contribution is 2.38. The molecule has 0 saturated carbocycles. The van der Waals surface area contributed by atoms with Crippen LogP contribution < -0.4 is 15.3 Å². The quantitative estimate of drug-likeness (QED) is 0.353. The van der Waals surface area contributed by atoms with E-state index in [-0.39, 0.29) is 5.41 Å². The van der Waals surface area contributed by atoms with E-state index in [0.29, 0.717) is 32.2 Å². The van der Waals surface area contributed by atoms with Gasteiger partial charge in [0.25, 0.3) is 5.97 Å². The molecule has 0 unspecified atom stereocenters. The molecule has 0 radical (unpaired) electrons. The van der Waals surface area contributed by atoms with Crippen LogP contribution in [-0.2, 0) is 20.0 Å². The molecule has 3 aliphatic heterocycles. The number of ether oxygens (including phenoxy) is 4. The summed E-state index contributed by atoms with van der Waals surface area (Å²) in [5, 5.41) is 0.876. The Kier molecular flexibility index (Phi) is 4.85. The molecule has 3 fully saturated rings. The van der Waals surface area contributed by atoms with E-state index in [4.69, 9.17) is 24.8 Å². The first-order valence-electron chi connectivity index (χ1n) is 9.87. The molecule has 3 saturated heterocycles. The zero-order valence-electron chi connectivity index (χ0n) is 17.0. The lowest BCUT2D eigenvalue weighted by molar-refractivity contribution is -0.651. The average molecular weight is 430 g/mol. The Hall–Kier alpha value is -2.33. The Bertz CT molecular complexity index is 1060. The first-order valence-corrected chi connectivity index (χ1v) is 10.9. The van der Waals surface area contributed by atoms with E-state index in [1.54, 1.807) is 29.6 Å².